The quantitative estimate of drug-likeness (QED) is 0.357. The number of esters is 1. The fraction of sp³-hybridized carbons (Fsp3) is 0.483. The standard InChI is InChI=1S/C29H34N2O5/c1-19-10-12-20(13-11-19)24(32)17-31-15-14-22-23(16-31)29(22,18-31)35-26(33)25(21-8-6-5-7-9-21)30-27(34)36-28(2,3)4/h5-13,22-23,25H,14-18H2,1-4H3/p+1/t22?,23?,25?,29-,31?/m1/s1. The number of fused-ring (bicyclic) bond motifs is 1. The Hall–Kier alpha value is -3.19. The van der Waals surface area contributed by atoms with Crippen molar-refractivity contribution in [2.45, 2.75) is 51.4 Å². The third-order valence-electron chi connectivity index (χ3n) is 7.89. The number of hydrogen-bond acceptors (Lipinski definition) is 5. The summed E-state index contributed by atoms with van der Waals surface area (Å²) in [5.74, 6) is 0.240. The van der Waals surface area contributed by atoms with E-state index in [-0.39, 0.29) is 11.7 Å². The van der Waals surface area contributed by atoms with E-state index in [1.165, 1.54) is 0 Å². The van der Waals surface area contributed by atoms with Crippen LogP contribution >= 0.6 is 0 Å². The third-order valence-corrected chi connectivity index (χ3v) is 7.89. The molecule has 4 unspecified atom stereocenters. The zero-order valence-corrected chi connectivity index (χ0v) is 21.5. The van der Waals surface area contributed by atoms with E-state index in [0.29, 0.717) is 29.1 Å². The van der Waals surface area contributed by atoms with Gasteiger partial charge < -0.3 is 19.3 Å². The maximum Gasteiger partial charge on any atom is 0.408 e. The number of nitrogens with one attached hydrogen (secondary N) is 1. The molecule has 1 N–H and O–H groups in total. The molecule has 1 saturated carbocycles. The van der Waals surface area contributed by atoms with Gasteiger partial charge in [0.05, 0.1) is 19.0 Å². The third kappa shape index (κ3) is 4.64. The molecule has 0 aromatic heterocycles. The van der Waals surface area contributed by atoms with Crippen molar-refractivity contribution < 1.29 is 28.3 Å². The molecular formula is C29H35N2O5+. The first-order valence-corrected chi connectivity index (χ1v) is 12.7. The van der Waals surface area contributed by atoms with Crippen molar-refractivity contribution >= 4 is 17.8 Å². The number of hydrogen-bond donors (Lipinski definition) is 1. The monoisotopic (exact) mass is 491 g/mol. The molecule has 5 atom stereocenters. The van der Waals surface area contributed by atoms with Gasteiger partial charge in [0.25, 0.3) is 0 Å². The van der Waals surface area contributed by atoms with Crippen LogP contribution in [-0.4, -0.2) is 59.7 Å². The fourth-order valence-corrected chi connectivity index (χ4v) is 6.24. The van der Waals surface area contributed by atoms with Gasteiger partial charge in [-0.3, -0.25) is 4.79 Å². The van der Waals surface area contributed by atoms with E-state index < -0.39 is 29.3 Å². The SMILES string of the molecule is Cc1ccc(C(=O)C[N+]23CCC4C(C2)[C@@]4(OC(=O)C(NC(=O)OC(C)(C)C)c2ccccc2)C3)cc1. The van der Waals surface area contributed by atoms with Crippen LogP contribution in [-0.2, 0) is 14.3 Å². The molecule has 4 fully saturated rings. The van der Waals surface area contributed by atoms with Gasteiger partial charge in [-0.05, 0) is 33.3 Å². The molecule has 0 spiro atoms. The lowest BCUT2D eigenvalue weighted by atomic mass is 10.0. The number of rotatable bonds is 7. The number of amides is 1. The molecule has 3 saturated heterocycles. The molecular weight excluding hydrogens is 456 g/mol. The Morgan fingerprint density at radius 3 is 2.42 bits per heavy atom. The molecule has 3 heterocycles. The summed E-state index contributed by atoms with van der Waals surface area (Å²) < 4.78 is 12.3. The van der Waals surface area contributed by atoms with Gasteiger partial charge in [0.15, 0.2) is 11.6 Å². The van der Waals surface area contributed by atoms with Crippen LogP contribution in [0, 0.1) is 18.8 Å². The highest BCUT2D eigenvalue weighted by Crippen LogP contribution is 2.65. The number of benzene rings is 2. The lowest BCUT2D eigenvalue weighted by Crippen LogP contribution is -2.57. The topological polar surface area (TPSA) is 81.7 Å². The van der Waals surface area contributed by atoms with Crippen molar-refractivity contribution in [3.8, 4) is 0 Å². The van der Waals surface area contributed by atoms with Gasteiger partial charge in [0.1, 0.15) is 18.7 Å². The number of ether oxygens (including phenoxy) is 2. The number of quaternary nitrogens is 1. The number of alkyl carbamates (subject to hydrolysis) is 1. The molecule has 190 valence electrons. The molecule has 0 radical (unpaired) electrons. The molecule has 1 aliphatic carbocycles. The lowest BCUT2D eigenvalue weighted by molar-refractivity contribution is -0.922. The molecule has 7 heteroatoms. The van der Waals surface area contributed by atoms with Gasteiger partial charge >= 0.3 is 12.1 Å². The Kier molecular flexibility index (Phi) is 5.94. The number of Topliss-reactive ketones (excluding diaryl/α,β-unsaturated/α-hetero) is 1. The van der Waals surface area contributed by atoms with Crippen LogP contribution in [0.25, 0.3) is 0 Å². The highest BCUT2D eigenvalue weighted by atomic mass is 16.6. The Bertz CT molecular complexity index is 1170. The van der Waals surface area contributed by atoms with Crippen LogP contribution in [0.2, 0.25) is 0 Å². The second kappa shape index (κ2) is 8.73. The van der Waals surface area contributed by atoms with Gasteiger partial charge in [-0.25, -0.2) is 9.59 Å². The first-order valence-electron chi connectivity index (χ1n) is 12.7. The summed E-state index contributed by atoms with van der Waals surface area (Å²) in [6.07, 6.45) is 0.274. The van der Waals surface area contributed by atoms with E-state index in [2.05, 4.69) is 5.32 Å². The maximum atomic E-state index is 13.5. The minimum Gasteiger partial charge on any atom is -0.450 e. The van der Waals surface area contributed by atoms with Gasteiger partial charge in [-0.2, -0.15) is 0 Å². The van der Waals surface area contributed by atoms with Crippen molar-refractivity contribution in [1.29, 1.82) is 0 Å². The second-order valence-corrected chi connectivity index (χ2v) is 11.7. The Morgan fingerprint density at radius 1 is 1.06 bits per heavy atom. The summed E-state index contributed by atoms with van der Waals surface area (Å²) in [6.45, 7) is 10.2. The zero-order chi connectivity index (χ0) is 25.7. The molecule has 2 aromatic carbocycles. The van der Waals surface area contributed by atoms with E-state index in [1.807, 2.05) is 49.4 Å². The number of aryl methyl sites for hydroxylation is 1. The maximum absolute atomic E-state index is 13.5. The molecule has 3 aliphatic heterocycles. The summed E-state index contributed by atoms with van der Waals surface area (Å²) in [5, 5.41) is 2.72. The summed E-state index contributed by atoms with van der Waals surface area (Å²) >= 11 is 0. The first kappa shape index (κ1) is 24.5. The number of nitrogens with zero attached hydrogens (tertiary/aromatic N) is 1. The Labute approximate surface area is 212 Å². The molecule has 4 bridgehead atoms. The normalized spacial score (nSPS) is 28.7. The summed E-state index contributed by atoms with van der Waals surface area (Å²) in [4.78, 5) is 39.2. The highest BCUT2D eigenvalue weighted by molar-refractivity contribution is 5.97. The molecule has 1 amide bonds. The van der Waals surface area contributed by atoms with Crippen LogP contribution in [0.15, 0.2) is 54.6 Å². The lowest BCUT2D eigenvalue weighted by Gasteiger charge is -2.41. The van der Waals surface area contributed by atoms with E-state index in [4.69, 9.17) is 9.47 Å². The summed E-state index contributed by atoms with van der Waals surface area (Å²) in [7, 11) is 0. The van der Waals surface area contributed by atoms with Crippen molar-refractivity contribution in [2.75, 3.05) is 26.2 Å². The second-order valence-electron chi connectivity index (χ2n) is 11.7. The van der Waals surface area contributed by atoms with Gasteiger partial charge in [-0.15, -0.1) is 0 Å². The van der Waals surface area contributed by atoms with Crippen LogP contribution in [0.1, 0.15) is 54.7 Å². The van der Waals surface area contributed by atoms with Gasteiger partial charge in [-0.1, -0.05) is 60.2 Å². The van der Waals surface area contributed by atoms with E-state index in [9.17, 15) is 14.4 Å². The predicted octanol–water partition coefficient (Wildman–Crippen LogP) is 4.21. The van der Waals surface area contributed by atoms with Crippen LogP contribution in [0.4, 0.5) is 4.79 Å². The number of carbonyl (C=O) groups excluding carboxylic acids is 3. The molecule has 6 rings (SSSR count). The van der Waals surface area contributed by atoms with Crippen LogP contribution in [0.3, 0.4) is 0 Å². The van der Waals surface area contributed by atoms with Crippen molar-refractivity contribution in [3.05, 3.63) is 71.3 Å². The molecule has 2 aromatic rings. The van der Waals surface area contributed by atoms with E-state index >= 15 is 0 Å². The summed E-state index contributed by atoms with van der Waals surface area (Å²) in [6, 6.07) is 15.8. The van der Waals surface area contributed by atoms with E-state index in [0.717, 1.165) is 30.6 Å². The van der Waals surface area contributed by atoms with Crippen molar-refractivity contribution in [2.24, 2.45) is 11.8 Å². The molecule has 36 heavy (non-hydrogen) atoms. The number of carbonyl (C=O) groups is 3. The van der Waals surface area contributed by atoms with E-state index in [1.54, 1.807) is 32.9 Å². The van der Waals surface area contributed by atoms with Crippen molar-refractivity contribution in [3.63, 3.8) is 0 Å². The number of ketones is 1. The highest BCUT2D eigenvalue weighted by Gasteiger charge is 2.81. The van der Waals surface area contributed by atoms with Crippen LogP contribution in [0.5, 0.6) is 0 Å². The van der Waals surface area contributed by atoms with Crippen LogP contribution < -0.4 is 5.32 Å². The number of piperidine rings is 3. The fourth-order valence-electron chi connectivity index (χ4n) is 6.24. The molecule has 7 nitrogen and oxygen atoms in total. The minimum absolute atomic E-state index is 0.130. The Balaban J connectivity index is 1.30. The zero-order valence-electron chi connectivity index (χ0n) is 21.5. The minimum atomic E-state index is -0.964. The summed E-state index contributed by atoms with van der Waals surface area (Å²) in [5.41, 5.74) is 1.26. The Morgan fingerprint density at radius 2 is 1.75 bits per heavy atom. The largest absolute Gasteiger partial charge is 0.450 e. The average Bonchev–Trinajstić information content (AvgIpc) is 3.31. The van der Waals surface area contributed by atoms with Gasteiger partial charge in [0.2, 0.25) is 5.78 Å². The van der Waals surface area contributed by atoms with Crippen molar-refractivity contribution in [1.82, 2.24) is 5.32 Å². The van der Waals surface area contributed by atoms with Gasteiger partial charge in [0, 0.05) is 17.9 Å². The molecule has 4 aliphatic rings. The smallest absolute Gasteiger partial charge is 0.408 e. The average molecular weight is 492 g/mol. The predicted molar refractivity (Wildman–Crippen MR) is 134 cm³/mol. The first-order chi connectivity index (χ1) is 17.0.